The Bertz CT molecular complexity index is 750. The van der Waals surface area contributed by atoms with Crippen LogP contribution in [-0.2, 0) is 6.42 Å². The first-order chi connectivity index (χ1) is 14.5. The first-order valence-corrected chi connectivity index (χ1v) is 11.5. The van der Waals surface area contributed by atoms with Crippen LogP contribution in [0.4, 0.5) is 0 Å². The number of hydrogen-bond acceptors (Lipinski definition) is 3. The molecule has 0 spiro atoms. The molecule has 0 saturated heterocycles. The van der Waals surface area contributed by atoms with Gasteiger partial charge < -0.3 is 9.84 Å². The highest BCUT2D eigenvalue weighted by Gasteiger charge is 2.31. The molecule has 0 aliphatic carbocycles. The van der Waals surface area contributed by atoms with Crippen LogP contribution in [0.3, 0.4) is 0 Å². The van der Waals surface area contributed by atoms with Crippen LogP contribution >= 0.6 is 0 Å². The fourth-order valence-electron chi connectivity index (χ4n) is 3.56. The van der Waals surface area contributed by atoms with E-state index in [0.717, 1.165) is 37.0 Å². The van der Waals surface area contributed by atoms with E-state index in [9.17, 15) is 5.11 Å². The predicted molar refractivity (Wildman–Crippen MR) is 126 cm³/mol. The van der Waals surface area contributed by atoms with Crippen molar-refractivity contribution >= 4 is 6.08 Å². The molecule has 3 nitrogen and oxygen atoms in total. The second-order valence-electron chi connectivity index (χ2n) is 8.88. The largest absolute Gasteiger partial charge is 0.459 e. The minimum atomic E-state index is -0.696. The average Bonchev–Trinajstić information content (AvgIpc) is 2.76. The molecule has 0 radical (unpaired) electrons. The third-order valence-corrected chi connectivity index (χ3v) is 5.66. The minimum Gasteiger partial charge on any atom is -0.459 e. The summed E-state index contributed by atoms with van der Waals surface area (Å²) in [5.41, 5.74) is 1.98. The number of aliphatic hydroxyl groups excluding tert-OH is 1. The van der Waals surface area contributed by atoms with Crippen LogP contribution in [-0.4, -0.2) is 16.2 Å². The zero-order valence-corrected chi connectivity index (χ0v) is 19.2. The lowest BCUT2D eigenvalue weighted by atomic mass is 9.80. The van der Waals surface area contributed by atoms with Gasteiger partial charge in [0.2, 0.25) is 0 Å². The van der Waals surface area contributed by atoms with Gasteiger partial charge >= 0.3 is 0 Å². The Morgan fingerprint density at radius 1 is 1.03 bits per heavy atom. The van der Waals surface area contributed by atoms with E-state index in [0.29, 0.717) is 5.76 Å². The van der Waals surface area contributed by atoms with Crippen LogP contribution in [0.5, 0.6) is 5.75 Å². The zero-order chi connectivity index (χ0) is 21.8. The van der Waals surface area contributed by atoms with Crippen LogP contribution in [0.15, 0.2) is 54.6 Å². The molecule has 1 unspecified atom stereocenters. The molecule has 0 bridgehead atoms. The summed E-state index contributed by atoms with van der Waals surface area (Å²) < 4.78 is 6.23. The molecule has 164 valence electrons. The maximum atomic E-state index is 11.2. The number of aliphatic hydroxyl groups is 1. The van der Waals surface area contributed by atoms with Crippen LogP contribution in [0, 0.1) is 5.41 Å². The number of nitrogens with zero attached hydrogens (tertiary/aromatic N) is 1. The van der Waals surface area contributed by atoms with Crippen molar-refractivity contribution in [1.29, 1.82) is 0 Å². The van der Waals surface area contributed by atoms with Crippen molar-refractivity contribution in [2.24, 2.45) is 5.41 Å². The van der Waals surface area contributed by atoms with E-state index >= 15 is 0 Å². The Morgan fingerprint density at radius 3 is 2.40 bits per heavy atom. The van der Waals surface area contributed by atoms with Crippen molar-refractivity contribution in [3.05, 3.63) is 65.7 Å². The first-order valence-electron chi connectivity index (χ1n) is 11.5. The van der Waals surface area contributed by atoms with Crippen LogP contribution in [0.2, 0.25) is 0 Å². The van der Waals surface area contributed by atoms with Gasteiger partial charge in [-0.25, -0.2) is 0 Å². The highest BCUT2D eigenvalue weighted by atomic mass is 16.5. The van der Waals surface area contributed by atoms with Gasteiger partial charge in [-0.2, -0.15) is 0 Å². The van der Waals surface area contributed by atoms with Crippen LogP contribution < -0.4 is 4.74 Å². The second-order valence-corrected chi connectivity index (χ2v) is 8.88. The number of rotatable bonds is 13. The Balaban J connectivity index is 2.16. The molecule has 30 heavy (non-hydrogen) atoms. The van der Waals surface area contributed by atoms with E-state index < -0.39 is 6.10 Å². The van der Waals surface area contributed by atoms with Gasteiger partial charge in [-0.15, -0.1) is 0 Å². The van der Waals surface area contributed by atoms with E-state index in [1.807, 2.05) is 30.3 Å². The van der Waals surface area contributed by atoms with Crippen molar-refractivity contribution in [3.8, 4) is 5.75 Å². The number of aromatic nitrogens is 1. The van der Waals surface area contributed by atoms with Crippen molar-refractivity contribution in [3.63, 3.8) is 0 Å². The Labute approximate surface area is 183 Å². The molecule has 0 aliphatic rings. The predicted octanol–water partition coefficient (Wildman–Crippen LogP) is 7.20. The van der Waals surface area contributed by atoms with Crippen LogP contribution in [0.25, 0.3) is 6.08 Å². The topological polar surface area (TPSA) is 42.4 Å². The summed E-state index contributed by atoms with van der Waals surface area (Å²) in [6.45, 7) is 8.62. The van der Waals surface area contributed by atoms with E-state index in [4.69, 9.17) is 4.74 Å². The average molecular weight is 410 g/mol. The van der Waals surface area contributed by atoms with Crippen molar-refractivity contribution in [1.82, 2.24) is 4.98 Å². The summed E-state index contributed by atoms with van der Waals surface area (Å²) in [6.07, 6.45) is 14.0. The first kappa shape index (κ1) is 24.1. The zero-order valence-electron chi connectivity index (χ0n) is 19.2. The highest BCUT2D eigenvalue weighted by Crippen LogP contribution is 2.33. The number of benzene rings is 1. The van der Waals surface area contributed by atoms with Crippen molar-refractivity contribution in [2.75, 3.05) is 0 Å². The molecule has 0 fully saturated rings. The van der Waals surface area contributed by atoms with Crippen molar-refractivity contribution < 1.29 is 9.84 Å². The van der Waals surface area contributed by atoms with Gasteiger partial charge in [0, 0.05) is 12.4 Å². The maximum Gasteiger partial charge on any atom is 0.134 e. The number of pyridine rings is 1. The molecular weight excluding hydrogens is 370 g/mol. The number of hydrogen-bond donors (Lipinski definition) is 1. The molecule has 1 aromatic carbocycles. The summed E-state index contributed by atoms with van der Waals surface area (Å²) in [5.74, 6) is 1.33. The lowest BCUT2D eigenvalue weighted by Gasteiger charge is -2.32. The maximum absolute atomic E-state index is 11.2. The normalized spacial score (nSPS) is 13.3. The Morgan fingerprint density at radius 2 is 1.77 bits per heavy atom. The molecule has 1 N–H and O–H groups in total. The minimum absolute atomic E-state index is 0.275. The third kappa shape index (κ3) is 7.95. The fourth-order valence-corrected chi connectivity index (χ4v) is 3.56. The van der Waals surface area contributed by atoms with Crippen LogP contribution in [0.1, 0.15) is 83.8 Å². The van der Waals surface area contributed by atoms with Gasteiger partial charge in [0.05, 0.1) is 0 Å². The summed E-state index contributed by atoms with van der Waals surface area (Å²) >= 11 is 0. The number of unbranched alkanes of at least 4 members (excludes halogenated alkanes) is 4. The summed E-state index contributed by atoms with van der Waals surface area (Å²) in [5, 5.41) is 11.2. The molecule has 1 atom stereocenters. The molecule has 2 rings (SSSR count). The molecule has 0 amide bonds. The van der Waals surface area contributed by atoms with E-state index in [2.05, 4.69) is 44.8 Å². The quantitative estimate of drug-likeness (QED) is 0.281. The summed E-state index contributed by atoms with van der Waals surface area (Å²) in [6, 6.07) is 12.2. The lowest BCUT2D eigenvalue weighted by molar-refractivity contribution is 0.0449. The number of aryl methyl sites for hydroxylation is 1. The van der Waals surface area contributed by atoms with Gasteiger partial charge in [-0.1, -0.05) is 78.0 Å². The highest BCUT2D eigenvalue weighted by molar-refractivity contribution is 5.52. The monoisotopic (exact) mass is 409 g/mol. The van der Waals surface area contributed by atoms with Gasteiger partial charge in [0.25, 0.3) is 0 Å². The van der Waals surface area contributed by atoms with Gasteiger partial charge in [0.1, 0.15) is 17.6 Å². The molecule has 3 heteroatoms. The Kier molecular flexibility index (Phi) is 10.1. The molecule has 0 saturated carbocycles. The van der Waals surface area contributed by atoms with E-state index in [1.165, 1.54) is 31.2 Å². The standard InChI is InChI=1S/C27H39NO2/c1-5-7-9-10-12-22-14-16-24(17-15-22)30-25(20-23-13-11-19-28-21-23)26(29)27(3,4)18-8-6-2/h11,13-17,19-21,26,29H,5-10,12,18H2,1-4H3. The molecule has 2 aromatic rings. The lowest BCUT2D eigenvalue weighted by Crippen LogP contribution is -2.33. The second kappa shape index (κ2) is 12.5. The van der Waals surface area contributed by atoms with Gasteiger partial charge in [-0.05, 0) is 60.1 Å². The van der Waals surface area contributed by atoms with E-state index in [1.54, 1.807) is 12.4 Å². The smallest absolute Gasteiger partial charge is 0.134 e. The molecule has 0 aliphatic heterocycles. The van der Waals surface area contributed by atoms with E-state index in [-0.39, 0.29) is 5.41 Å². The van der Waals surface area contributed by atoms with Gasteiger partial charge in [-0.3, -0.25) is 4.98 Å². The molecule has 1 heterocycles. The summed E-state index contributed by atoms with van der Waals surface area (Å²) in [4.78, 5) is 4.19. The Hall–Kier alpha value is -2.13. The van der Waals surface area contributed by atoms with Gasteiger partial charge in [0.15, 0.2) is 0 Å². The SMILES string of the molecule is CCCCCCc1ccc(OC(=Cc2cccnc2)C(O)C(C)(C)CCCC)cc1. The third-order valence-electron chi connectivity index (χ3n) is 5.66. The summed E-state index contributed by atoms with van der Waals surface area (Å²) in [7, 11) is 0. The number of ether oxygens (including phenoxy) is 1. The molecule has 1 aromatic heterocycles. The molecular formula is C27H39NO2. The van der Waals surface area contributed by atoms with Crippen molar-refractivity contribution in [2.45, 2.75) is 85.2 Å². The fraction of sp³-hybridized carbons (Fsp3) is 0.519.